The average Bonchev–Trinajstić information content (AvgIpc) is 3.05. The molecule has 0 unspecified atom stereocenters. The standard InChI is InChI=1S/C20H27N3O2S/c1-3-25-17-9-7-8-16(14-17)20-22-15(2)18(26-20)19(24)21-10-13-23-11-5-4-6-12-23/h7-9,14H,3-6,10-13H2,1-2H3,(H,21,24). The summed E-state index contributed by atoms with van der Waals surface area (Å²) in [5, 5.41) is 3.90. The van der Waals surface area contributed by atoms with Crippen molar-refractivity contribution in [3.63, 3.8) is 0 Å². The van der Waals surface area contributed by atoms with E-state index in [0.717, 1.165) is 41.6 Å². The fourth-order valence-corrected chi connectivity index (χ4v) is 4.19. The Morgan fingerprint density at radius 3 is 2.88 bits per heavy atom. The minimum absolute atomic E-state index is 0.0239. The van der Waals surface area contributed by atoms with Crippen LogP contribution in [-0.2, 0) is 0 Å². The molecule has 3 rings (SSSR count). The van der Waals surface area contributed by atoms with Gasteiger partial charge in [0.2, 0.25) is 0 Å². The highest BCUT2D eigenvalue weighted by Crippen LogP contribution is 2.30. The summed E-state index contributed by atoms with van der Waals surface area (Å²) in [6, 6.07) is 7.86. The van der Waals surface area contributed by atoms with Crippen molar-refractivity contribution < 1.29 is 9.53 Å². The molecule has 0 saturated carbocycles. The summed E-state index contributed by atoms with van der Waals surface area (Å²) < 4.78 is 5.56. The normalized spacial score (nSPS) is 15.0. The molecule has 0 aliphatic carbocycles. The van der Waals surface area contributed by atoms with Gasteiger partial charge in [0.1, 0.15) is 15.6 Å². The summed E-state index contributed by atoms with van der Waals surface area (Å²) in [5.41, 5.74) is 1.76. The molecule has 1 aromatic carbocycles. The summed E-state index contributed by atoms with van der Waals surface area (Å²) in [4.78, 5) is 20.2. The van der Waals surface area contributed by atoms with Crippen LogP contribution in [0.5, 0.6) is 5.75 Å². The number of aromatic nitrogens is 1. The van der Waals surface area contributed by atoms with Gasteiger partial charge in [0.25, 0.3) is 5.91 Å². The van der Waals surface area contributed by atoms with Crippen molar-refractivity contribution in [2.75, 3.05) is 32.8 Å². The van der Waals surface area contributed by atoms with Gasteiger partial charge in [-0.2, -0.15) is 0 Å². The van der Waals surface area contributed by atoms with Gasteiger partial charge in [0, 0.05) is 18.7 Å². The number of ether oxygens (including phenoxy) is 1. The summed E-state index contributed by atoms with van der Waals surface area (Å²) in [6.45, 7) is 8.40. The highest BCUT2D eigenvalue weighted by Gasteiger charge is 2.17. The van der Waals surface area contributed by atoms with Gasteiger partial charge in [-0.25, -0.2) is 4.98 Å². The predicted molar refractivity (Wildman–Crippen MR) is 106 cm³/mol. The highest BCUT2D eigenvalue weighted by molar-refractivity contribution is 7.17. The molecule has 1 fully saturated rings. The molecule has 1 N–H and O–H groups in total. The van der Waals surface area contributed by atoms with E-state index in [0.29, 0.717) is 18.0 Å². The Hall–Kier alpha value is -1.92. The molecule has 26 heavy (non-hydrogen) atoms. The number of nitrogens with one attached hydrogen (secondary N) is 1. The van der Waals surface area contributed by atoms with Crippen molar-refractivity contribution in [3.05, 3.63) is 34.8 Å². The quantitative estimate of drug-likeness (QED) is 0.803. The zero-order valence-electron chi connectivity index (χ0n) is 15.6. The first-order chi connectivity index (χ1) is 12.7. The van der Waals surface area contributed by atoms with E-state index in [1.165, 1.54) is 30.6 Å². The SMILES string of the molecule is CCOc1cccc(-c2nc(C)c(C(=O)NCCN3CCCCC3)s2)c1. The fourth-order valence-electron chi connectivity index (χ4n) is 3.21. The van der Waals surface area contributed by atoms with Crippen LogP contribution in [-0.4, -0.2) is 48.6 Å². The van der Waals surface area contributed by atoms with E-state index in [-0.39, 0.29) is 5.91 Å². The monoisotopic (exact) mass is 373 g/mol. The van der Waals surface area contributed by atoms with Crippen LogP contribution in [0.4, 0.5) is 0 Å². The van der Waals surface area contributed by atoms with Crippen LogP contribution in [0.2, 0.25) is 0 Å². The number of aryl methyl sites for hydroxylation is 1. The first-order valence-electron chi connectivity index (χ1n) is 9.38. The van der Waals surface area contributed by atoms with E-state index in [9.17, 15) is 4.79 Å². The van der Waals surface area contributed by atoms with E-state index in [1.54, 1.807) is 0 Å². The molecule has 0 radical (unpaired) electrons. The number of hydrogen-bond donors (Lipinski definition) is 1. The lowest BCUT2D eigenvalue weighted by Crippen LogP contribution is -2.37. The molecule has 1 amide bonds. The summed E-state index contributed by atoms with van der Waals surface area (Å²) in [6.07, 6.45) is 3.87. The number of carbonyl (C=O) groups excluding carboxylic acids is 1. The molecule has 0 atom stereocenters. The van der Waals surface area contributed by atoms with E-state index >= 15 is 0 Å². The Morgan fingerprint density at radius 1 is 1.31 bits per heavy atom. The van der Waals surface area contributed by atoms with Crippen molar-refractivity contribution >= 4 is 17.2 Å². The Labute approximate surface area is 159 Å². The van der Waals surface area contributed by atoms with Gasteiger partial charge < -0.3 is 15.0 Å². The molecular weight excluding hydrogens is 346 g/mol. The van der Waals surface area contributed by atoms with E-state index in [4.69, 9.17) is 4.74 Å². The maximum absolute atomic E-state index is 12.5. The largest absolute Gasteiger partial charge is 0.494 e. The van der Waals surface area contributed by atoms with Crippen molar-refractivity contribution in [2.24, 2.45) is 0 Å². The van der Waals surface area contributed by atoms with Crippen molar-refractivity contribution in [2.45, 2.75) is 33.1 Å². The zero-order valence-corrected chi connectivity index (χ0v) is 16.4. The first-order valence-corrected chi connectivity index (χ1v) is 10.2. The molecule has 0 spiro atoms. The third-order valence-electron chi connectivity index (χ3n) is 4.56. The number of hydrogen-bond acceptors (Lipinski definition) is 5. The highest BCUT2D eigenvalue weighted by atomic mass is 32.1. The lowest BCUT2D eigenvalue weighted by molar-refractivity contribution is 0.0950. The number of thiazole rings is 1. The fraction of sp³-hybridized carbons (Fsp3) is 0.500. The van der Waals surface area contributed by atoms with Crippen LogP contribution in [0.3, 0.4) is 0 Å². The molecule has 6 heteroatoms. The van der Waals surface area contributed by atoms with Crippen LogP contribution in [0.25, 0.3) is 10.6 Å². The van der Waals surface area contributed by atoms with Crippen molar-refractivity contribution in [1.29, 1.82) is 0 Å². The van der Waals surface area contributed by atoms with Gasteiger partial charge in [0.05, 0.1) is 12.3 Å². The zero-order chi connectivity index (χ0) is 18.4. The maximum Gasteiger partial charge on any atom is 0.263 e. The maximum atomic E-state index is 12.5. The van der Waals surface area contributed by atoms with Crippen LogP contribution in [0, 0.1) is 6.92 Å². The Bertz CT molecular complexity index is 738. The van der Waals surface area contributed by atoms with Crippen LogP contribution < -0.4 is 10.1 Å². The van der Waals surface area contributed by atoms with Crippen molar-refractivity contribution in [1.82, 2.24) is 15.2 Å². The number of carbonyl (C=O) groups is 1. The summed E-state index contributed by atoms with van der Waals surface area (Å²) >= 11 is 1.44. The van der Waals surface area contributed by atoms with E-state index in [1.807, 2.05) is 38.1 Å². The second kappa shape index (κ2) is 9.14. The van der Waals surface area contributed by atoms with Gasteiger partial charge in [-0.15, -0.1) is 11.3 Å². The topological polar surface area (TPSA) is 54.5 Å². The summed E-state index contributed by atoms with van der Waals surface area (Å²) in [7, 11) is 0. The molecule has 140 valence electrons. The molecule has 5 nitrogen and oxygen atoms in total. The average molecular weight is 374 g/mol. The third-order valence-corrected chi connectivity index (χ3v) is 5.76. The van der Waals surface area contributed by atoms with Crippen LogP contribution in [0.15, 0.2) is 24.3 Å². The Kier molecular flexibility index (Phi) is 6.63. The molecule has 2 heterocycles. The molecule has 1 saturated heterocycles. The lowest BCUT2D eigenvalue weighted by Gasteiger charge is -2.26. The number of amides is 1. The molecule has 0 bridgehead atoms. The van der Waals surface area contributed by atoms with Gasteiger partial charge in [-0.1, -0.05) is 18.6 Å². The number of benzene rings is 1. The number of nitrogens with zero attached hydrogens (tertiary/aromatic N) is 2. The number of likely N-dealkylation sites (tertiary alicyclic amines) is 1. The smallest absolute Gasteiger partial charge is 0.263 e. The van der Waals surface area contributed by atoms with E-state index < -0.39 is 0 Å². The number of piperidine rings is 1. The lowest BCUT2D eigenvalue weighted by atomic mass is 10.1. The predicted octanol–water partition coefficient (Wildman–Crippen LogP) is 3.73. The molecule has 1 aromatic heterocycles. The summed E-state index contributed by atoms with van der Waals surface area (Å²) in [5.74, 6) is 0.801. The minimum Gasteiger partial charge on any atom is -0.494 e. The molecular formula is C20H27N3O2S. The van der Waals surface area contributed by atoms with Crippen LogP contribution >= 0.6 is 11.3 Å². The van der Waals surface area contributed by atoms with Gasteiger partial charge in [-0.05, 0) is 51.9 Å². The number of rotatable bonds is 7. The molecule has 1 aliphatic heterocycles. The van der Waals surface area contributed by atoms with E-state index in [2.05, 4.69) is 15.2 Å². The third kappa shape index (κ3) is 4.83. The molecule has 1 aliphatic rings. The molecule has 2 aromatic rings. The Morgan fingerprint density at radius 2 is 2.12 bits per heavy atom. The second-order valence-corrected chi connectivity index (χ2v) is 7.55. The second-order valence-electron chi connectivity index (χ2n) is 6.55. The minimum atomic E-state index is -0.0239. The van der Waals surface area contributed by atoms with Gasteiger partial charge >= 0.3 is 0 Å². The Balaban J connectivity index is 1.61. The van der Waals surface area contributed by atoms with Gasteiger partial charge in [-0.3, -0.25) is 4.79 Å². The first kappa shape index (κ1) is 18.9. The van der Waals surface area contributed by atoms with Gasteiger partial charge in [0.15, 0.2) is 0 Å². The van der Waals surface area contributed by atoms with Crippen molar-refractivity contribution in [3.8, 4) is 16.3 Å². The van der Waals surface area contributed by atoms with Crippen LogP contribution in [0.1, 0.15) is 41.6 Å².